The fourth-order valence-corrected chi connectivity index (χ4v) is 6.08. The number of nitrogens with zero attached hydrogens (tertiary/aromatic N) is 1. The SMILES string of the molecule is CC(C)C1(C(=O)NCc2cccc(C(F)(F)F)c2)CCC(N2CCC(C3=CCC(F)C=C3)CC2)C1. The molecule has 1 heterocycles. The maximum absolute atomic E-state index is 13.4. The van der Waals surface area contributed by atoms with Gasteiger partial charge in [0.05, 0.1) is 11.0 Å². The normalized spacial score (nSPS) is 28.4. The first-order chi connectivity index (χ1) is 16.6. The van der Waals surface area contributed by atoms with E-state index < -0.39 is 23.3 Å². The second kappa shape index (κ2) is 10.5. The molecule has 0 bridgehead atoms. The molecule has 2 fully saturated rings. The average Bonchev–Trinajstić information content (AvgIpc) is 3.30. The van der Waals surface area contributed by atoms with Crippen molar-refractivity contribution in [3.05, 3.63) is 59.2 Å². The van der Waals surface area contributed by atoms with Gasteiger partial charge >= 0.3 is 6.18 Å². The van der Waals surface area contributed by atoms with Crippen LogP contribution < -0.4 is 5.32 Å². The third kappa shape index (κ3) is 5.82. The molecule has 0 spiro atoms. The minimum Gasteiger partial charge on any atom is -0.352 e. The zero-order valence-electron chi connectivity index (χ0n) is 20.6. The van der Waals surface area contributed by atoms with Crippen molar-refractivity contribution in [1.29, 1.82) is 0 Å². The lowest BCUT2D eigenvalue weighted by Crippen LogP contribution is -2.45. The quantitative estimate of drug-likeness (QED) is 0.463. The number of piperidine rings is 1. The molecule has 192 valence electrons. The Morgan fingerprint density at radius 1 is 1.20 bits per heavy atom. The molecule has 4 rings (SSSR count). The van der Waals surface area contributed by atoms with Crippen LogP contribution in [0, 0.1) is 17.3 Å². The summed E-state index contributed by atoms with van der Waals surface area (Å²) in [7, 11) is 0. The lowest BCUT2D eigenvalue weighted by Gasteiger charge is -2.38. The number of carbonyl (C=O) groups excluding carboxylic acids is 1. The van der Waals surface area contributed by atoms with Gasteiger partial charge in [0.1, 0.15) is 6.17 Å². The molecule has 3 nitrogen and oxygen atoms in total. The predicted molar refractivity (Wildman–Crippen MR) is 129 cm³/mol. The topological polar surface area (TPSA) is 32.3 Å². The Morgan fingerprint density at radius 3 is 2.57 bits per heavy atom. The molecule has 1 saturated carbocycles. The molecule has 1 N–H and O–H groups in total. The smallest absolute Gasteiger partial charge is 0.352 e. The van der Waals surface area contributed by atoms with Gasteiger partial charge in [0, 0.05) is 19.0 Å². The molecule has 0 aromatic heterocycles. The first kappa shape index (κ1) is 25.9. The second-order valence-corrected chi connectivity index (χ2v) is 10.7. The van der Waals surface area contributed by atoms with E-state index in [9.17, 15) is 22.4 Å². The molecule has 1 saturated heterocycles. The Morgan fingerprint density at radius 2 is 1.94 bits per heavy atom. The van der Waals surface area contributed by atoms with Crippen molar-refractivity contribution >= 4 is 5.91 Å². The van der Waals surface area contributed by atoms with Crippen LogP contribution >= 0.6 is 0 Å². The first-order valence-electron chi connectivity index (χ1n) is 12.8. The van der Waals surface area contributed by atoms with E-state index in [-0.39, 0.29) is 18.4 Å². The highest BCUT2D eigenvalue weighted by atomic mass is 19.4. The monoisotopic (exact) mass is 492 g/mol. The highest BCUT2D eigenvalue weighted by Crippen LogP contribution is 2.47. The zero-order valence-corrected chi connectivity index (χ0v) is 20.6. The molecule has 0 radical (unpaired) electrons. The number of benzene rings is 1. The van der Waals surface area contributed by atoms with Gasteiger partial charge in [-0.2, -0.15) is 13.2 Å². The van der Waals surface area contributed by atoms with Crippen LogP contribution in [0.2, 0.25) is 0 Å². The number of carbonyl (C=O) groups is 1. The summed E-state index contributed by atoms with van der Waals surface area (Å²) in [5.74, 6) is 0.556. The largest absolute Gasteiger partial charge is 0.416 e. The van der Waals surface area contributed by atoms with E-state index in [1.807, 2.05) is 12.2 Å². The second-order valence-electron chi connectivity index (χ2n) is 10.7. The number of alkyl halides is 4. The number of allylic oxidation sites excluding steroid dienone is 4. The molecule has 1 aromatic carbocycles. The third-order valence-electron chi connectivity index (χ3n) is 8.38. The van der Waals surface area contributed by atoms with E-state index >= 15 is 0 Å². The van der Waals surface area contributed by atoms with Gasteiger partial charge in [0.25, 0.3) is 0 Å². The number of rotatable bonds is 6. The lowest BCUT2D eigenvalue weighted by molar-refractivity contribution is -0.137. The number of nitrogens with one attached hydrogen (secondary N) is 1. The van der Waals surface area contributed by atoms with Crippen molar-refractivity contribution in [1.82, 2.24) is 10.2 Å². The fourth-order valence-electron chi connectivity index (χ4n) is 6.08. The molecule has 1 amide bonds. The molecule has 7 heteroatoms. The van der Waals surface area contributed by atoms with Crippen molar-refractivity contribution in [2.24, 2.45) is 17.3 Å². The van der Waals surface area contributed by atoms with Crippen LogP contribution in [0.1, 0.15) is 63.5 Å². The summed E-state index contributed by atoms with van der Waals surface area (Å²) < 4.78 is 52.5. The van der Waals surface area contributed by atoms with Crippen LogP contribution in [0.4, 0.5) is 17.6 Å². The van der Waals surface area contributed by atoms with Gasteiger partial charge in [0.2, 0.25) is 5.91 Å². The Bertz CT molecular complexity index is 962. The van der Waals surface area contributed by atoms with E-state index in [1.54, 1.807) is 12.1 Å². The van der Waals surface area contributed by atoms with E-state index in [0.29, 0.717) is 23.9 Å². The first-order valence-corrected chi connectivity index (χ1v) is 12.8. The maximum Gasteiger partial charge on any atom is 0.416 e. The Balaban J connectivity index is 1.34. The van der Waals surface area contributed by atoms with Gasteiger partial charge in [-0.05, 0) is 80.3 Å². The Hall–Kier alpha value is -2.15. The molecule has 2 aliphatic carbocycles. The average molecular weight is 493 g/mol. The van der Waals surface area contributed by atoms with Gasteiger partial charge in [-0.3, -0.25) is 4.79 Å². The number of hydrogen-bond donors (Lipinski definition) is 1. The number of hydrogen-bond acceptors (Lipinski definition) is 2. The highest BCUT2D eigenvalue weighted by Gasteiger charge is 2.49. The van der Waals surface area contributed by atoms with Crippen LogP contribution in [-0.4, -0.2) is 36.1 Å². The summed E-state index contributed by atoms with van der Waals surface area (Å²) in [5, 5.41) is 2.95. The van der Waals surface area contributed by atoms with E-state index in [0.717, 1.165) is 57.3 Å². The van der Waals surface area contributed by atoms with Crippen LogP contribution in [-0.2, 0) is 17.5 Å². The lowest BCUT2D eigenvalue weighted by atomic mass is 9.74. The molecule has 3 unspecified atom stereocenters. The van der Waals surface area contributed by atoms with Crippen molar-refractivity contribution in [2.45, 2.75) is 77.3 Å². The number of likely N-dealkylation sites (tertiary alicyclic amines) is 1. The van der Waals surface area contributed by atoms with Gasteiger partial charge in [-0.25, -0.2) is 4.39 Å². The van der Waals surface area contributed by atoms with E-state index in [1.165, 1.54) is 11.6 Å². The molecule has 3 atom stereocenters. The molecule has 1 aliphatic heterocycles. The van der Waals surface area contributed by atoms with Crippen molar-refractivity contribution in [3.8, 4) is 0 Å². The maximum atomic E-state index is 13.4. The highest BCUT2D eigenvalue weighted by molar-refractivity contribution is 5.83. The number of amides is 1. The Labute approximate surface area is 205 Å². The van der Waals surface area contributed by atoms with E-state index in [4.69, 9.17) is 0 Å². The van der Waals surface area contributed by atoms with Crippen LogP contribution in [0.5, 0.6) is 0 Å². The summed E-state index contributed by atoms with van der Waals surface area (Å²) in [5.41, 5.74) is 0.508. The van der Waals surface area contributed by atoms with Crippen molar-refractivity contribution < 1.29 is 22.4 Å². The van der Waals surface area contributed by atoms with Crippen LogP contribution in [0.3, 0.4) is 0 Å². The minimum atomic E-state index is -4.40. The van der Waals surface area contributed by atoms with Gasteiger partial charge in [-0.15, -0.1) is 0 Å². The molecular formula is C28H36F4N2O. The van der Waals surface area contributed by atoms with Crippen molar-refractivity contribution in [3.63, 3.8) is 0 Å². The molecule has 1 aromatic rings. The molecular weight excluding hydrogens is 456 g/mol. The van der Waals surface area contributed by atoms with Crippen LogP contribution in [0.15, 0.2) is 48.1 Å². The van der Waals surface area contributed by atoms with Gasteiger partial charge in [0.15, 0.2) is 0 Å². The van der Waals surface area contributed by atoms with Crippen molar-refractivity contribution in [2.75, 3.05) is 13.1 Å². The zero-order chi connectivity index (χ0) is 25.2. The summed E-state index contributed by atoms with van der Waals surface area (Å²) in [6.45, 7) is 6.17. The van der Waals surface area contributed by atoms with E-state index in [2.05, 4.69) is 24.1 Å². The summed E-state index contributed by atoms with van der Waals surface area (Å²) in [4.78, 5) is 15.9. The predicted octanol–water partition coefficient (Wildman–Crippen LogP) is 6.45. The summed E-state index contributed by atoms with van der Waals surface area (Å²) in [6.07, 6.45) is 5.46. The molecule has 3 aliphatic rings. The summed E-state index contributed by atoms with van der Waals surface area (Å²) >= 11 is 0. The standard InChI is InChI=1S/C28H36F4N2O/c1-19(2)27(26(35)33-18-20-4-3-5-23(16-20)28(30,31)32)13-10-25(17-27)34-14-11-22(12-15-34)21-6-8-24(29)9-7-21/h3-8,16,19,22,24-25H,9-15,17-18H2,1-2H3,(H,33,35). The Kier molecular flexibility index (Phi) is 7.74. The van der Waals surface area contributed by atoms with Gasteiger partial charge in [-0.1, -0.05) is 44.2 Å². The summed E-state index contributed by atoms with van der Waals surface area (Å²) in [6, 6.07) is 5.49. The van der Waals surface area contributed by atoms with Crippen LogP contribution in [0.25, 0.3) is 0 Å². The minimum absolute atomic E-state index is 0.0550. The fraction of sp³-hybridized carbons (Fsp3) is 0.607. The van der Waals surface area contributed by atoms with Gasteiger partial charge < -0.3 is 10.2 Å². The number of halogens is 4. The molecule has 35 heavy (non-hydrogen) atoms. The third-order valence-corrected chi connectivity index (χ3v) is 8.38.